The number of nitrogens with two attached hydrogens (primary N) is 1. The number of nitrogens with zero attached hydrogens (tertiary/aromatic N) is 1. The van der Waals surface area contributed by atoms with Crippen molar-refractivity contribution in [3.8, 4) is 0 Å². The highest BCUT2D eigenvalue weighted by Crippen LogP contribution is 2.31. The molecule has 1 aliphatic rings. The summed E-state index contributed by atoms with van der Waals surface area (Å²) in [6.07, 6.45) is 5.88. The highest BCUT2D eigenvalue weighted by atomic mass is 19.1. The molecule has 0 amide bonds. The van der Waals surface area contributed by atoms with Gasteiger partial charge in [0.2, 0.25) is 0 Å². The zero-order chi connectivity index (χ0) is 9.97. The maximum atomic E-state index is 13.4. The molecule has 1 aromatic rings. The lowest BCUT2D eigenvalue weighted by molar-refractivity contribution is 0.369. The number of aromatic nitrogens is 1. The van der Waals surface area contributed by atoms with Crippen molar-refractivity contribution in [2.45, 2.75) is 37.6 Å². The van der Waals surface area contributed by atoms with E-state index in [0.29, 0.717) is 5.69 Å². The van der Waals surface area contributed by atoms with E-state index in [9.17, 15) is 4.39 Å². The number of pyridine rings is 1. The van der Waals surface area contributed by atoms with E-state index in [1.54, 1.807) is 12.3 Å². The van der Waals surface area contributed by atoms with Gasteiger partial charge in [-0.2, -0.15) is 0 Å². The van der Waals surface area contributed by atoms with Crippen LogP contribution in [0.3, 0.4) is 0 Å². The Balaban J connectivity index is 2.25. The van der Waals surface area contributed by atoms with E-state index in [-0.39, 0.29) is 17.8 Å². The van der Waals surface area contributed by atoms with Crippen LogP contribution in [0.2, 0.25) is 0 Å². The topological polar surface area (TPSA) is 38.9 Å². The molecule has 3 heteroatoms. The van der Waals surface area contributed by atoms with Crippen LogP contribution in [0.25, 0.3) is 0 Å². The van der Waals surface area contributed by atoms with Gasteiger partial charge >= 0.3 is 0 Å². The quantitative estimate of drug-likeness (QED) is 0.744. The zero-order valence-corrected chi connectivity index (χ0v) is 8.12. The molecular formula is C11H15FN2. The largest absolute Gasteiger partial charge is 0.327 e. The van der Waals surface area contributed by atoms with Crippen molar-refractivity contribution in [1.82, 2.24) is 4.98 Å². The number of rotatable bonds is 1. The first-order chi connectivity index (χ1) is 6.79. The maximum absolute atomic E-state index is 13.4. The summed E-state index contributed by atoms with van der Waals surface area (Å²) >= 11 is 0. The summed E-state index contributed by atoms with van der Waals surface area (Å²) in [5, 5.41) is 0. The van der Waals surface area contributed by atoms with Crippen LogP contribution in [-0.2, 0) is 0 Å². The van der Waals surface area contributed by atoms with Gasteiger partial charge in [0.15, 0.2) is 0 Å². The molecule has 0 aromatic carbocycles. The third-order valence-corrected chi connectivity index (χ3v) is 2.96. The second kappa shape index (κ2) is 4.05. The number of hydrogen-bond acceptors (Lipinski definition) is 2. The molecule has 0 spiro atoms. The number of halogens is 1. The average molecular weight is 194 g/mol. The monoisotopic (exact) mass is 194 g/mol. The van der Waals surface area contributed by atoms with Crippen molar-refractivity contribution in [1.29, 1.82) is 0 Å². The van der Waals surface area contributed by atoms with Crippen molar-refractivity contribution in [3.05, 3.63) is 29.8 Å². The molecule has 1 aliphatic carbocycles. The molecule has 2 nitrogen and oxygen atoms in total. The molecule has 2 rings (SSSR count). The summed E-state index contributed by atoms with van der Waals surface area (Å²) in [7, 11) is 0. The van der Waals surface area contributed by atoms with Crippen LogP contribution >= 0.6 is 0 Å². The molecule has 1 fully saturated rings. The molecule has 2 atom stereocenters. The SMILES string of the molecule is NC1CCCCC1c1ncccc1F. The minimum Gasteiger partial charge on any atom is -0.327 e. The van der Waals surface area contributed by atoms with Crippen molar-refractivity contribution < 1.29 is 4.39 Å². The minimum absolute atomic E-state index is 0.0770. The summed E-state index contributed by atoms with van der Waals surface area (Å²) in [6, 6.07) is 3.16. The van der Waals surface area contributed by atoms with Gasteiger partial charge < -0.3 is 5.73 Å². The third-order valence-electron chi connectivity index (χ3n) is 2.96. The molecule has 1 heterocycles. The molecule has 0 radical (unpaired) electrons. The first-order valence-electron chi connectivity index (χ1n) is 5.15. The van der Waals surface area contributed by atoms with Gasteiger partial charge in [-0.3, -0.25) is 4.98 Å². The molecule has 0 bridgehead atoms. The molecule has 0 saturated heterocycles. The standard InChI is InChI=1S/C11H15FN2/c12-9-5-3-7-14-11(9)8-4-1-2-6-10(8)13/h3,5,7-8,10H,1-2,4,6,13H2. The molecule has 1 saturated carbocycles. The maximum Gasteiger partial charge on any atom is 0.145 e. The van der Waals surface area contributed by atoms with Crippen LogP contribution in [0.1, 0.15) is 37.3 Å². The summed E-state index contributed by atoms with van der Waals surface area (Å²) < 4.78 is 13.4. The van der Waals surface area contributed by atoms with Crippen molar-refractivity contribution >= 4 is 0 Å². The lowest BCUT2D eigenvalue weighted by atomic mass is 9.82. The highest BCUT2D eigenvalue weighted by molar-refractivity contribution is 5.15. The molecule has 0 aliphatic heterocycles. The van der Waals surface area contributed by atoms with E-state index < -0.39 is 0 Å². The summed E-state index contributed by atoms with van der Waals surface area (Å²) in [4.78, 5) is 4.10. The fraction of sp³-hybridized carbons (Fsp3) is 0.545. The van der Waals surface area contributed by atoms with Gasteiger partial charge in [0, 0.05) is 18.2 Å². The third kappa shape index (κ3) is 1.77. The number of hydrogen-bond donors (Lipinski definition) is 1. The van der Waals surface area contributed by atoms with Crippen LogP contribution in [0, 0.1) is 5.82 Å². The van der Waals surface area contributed by atoms with Gasteiger partial charge in [-0.05, 0) is 25.0 Å². The van der Waals surface area contributed by atoms with Crippen LogP contribution in [0.5, 0.6) is 0 Å². The van der Waals surface area contributed by atoms with Crippen LogP contribution < -0.4 is 5.73 Å². The fourth-order valence-corrected chi connectivity index (χ4v) is 2.17. The molecule has 2 N–H and O–H groups in total. The molecule has 14 heavy (non-hydrogen) atoms. The summed E-state index contributed by atoms with van der Waals surface area (Å²) in [6.45, 7) is 0. The van der Waals surface area contributed by atoms with Crippen LogP contribution in [0.15, 0.2) is 18.3 Å². The lowest BCUT2D eigenvalue weighted by Crippen LogP contribution is -2.32. The first kappa shape index (κ1) is 9.59. The van der Waals surface area contributed by atoms with Gasteiger partial charge in [-0.15, -0.1) is 0 Å². The Hall–Kier alpha value is -0.960. The summed E-state index contributed by atoms with van der Waals surface area (Å²) in [5.41, 5.74) is 6.53. The van der Waals surface area contributed by atoms with Crippen molar-refractivity contribution in [2.75, 3.05) is 0 Å². The lowest BCUT2D eigenvalue weighted by Gasteiger charge is -2.28. The molecule has 76 valence electrons. The van der Waals surface area contributed by atoms with Gasteiger partial charge in [0.1, 0.15) is 5.82 Å². The predicted octanol–water partition coefficient (Wildman–Crippen LogP) is 2.21. The van der Waals surface area contributed by atoms with Crippen molar-refractivity contribution in [3.63, 3.8) is 0 Å². The molecular weight excluding hydrogens is 179 g/mol. The van der Waals surface area contributed by atoms with Gasteiger partial charge in [0.05, 0.1) is 5.69 Å². The van der Waals surface area contributed by atoms with Crippen molar-refractivity contribution in [2.24, 2.45) is 5.73 Å². The second-order valence-electron chi connectivity index (χ2n) is 3.93. The van der Waals surface area contributed by atoms with E-state index in [1.807, 2.05) is 0 Å². The first-order valence-corrected chi connectivity index (χ1v) is 5.15. The van der Waals surface area contributed by atoms with E-state index in [4.69, 9.17) is 5.73 Å². The van der Waals surface area contributed by atoms with Crippen LogP contribution in [0.4, 0.5) is 4.39 Å². The summed E-state index contributed by atoms with van der Waals surface area (Å²) in [5.74, 6) is -0.0974. The van der Waals surface area contributed by atoms with E-state index in [2.05, 4.69) is 4.98 Å². The van der Waals surface area contributed by atoms with E-state index in [1.165, 1.54) is 6.07 Å². The van der Waals surface area contributed by atoms with Gasteiger partial charge in [0.25, 0.3) is 0 Å². The average Bonchev–Trinajstić information content (AvgIpc) is 2.20. The van der Waals surface area contributed by atoms with E-state index in [0.717, 1.165) is 25.7 Å². The fourth-order valence-electron chi connectivity index (χ4n) is 2.17. The zero-order valence-electron chi connectivity index (χ0n) is 8.12. The minimum atomic E-state index is -0.213. The smallest absolute Gasteiger partial charge is 0.145 e. The Labute approximate surface area is 83.3 Å². The van der Waals surface area contributed by atoms with Crippen LogP contribution in [-0.4, -0.2) is 11.0 Å². The van der Waals surface area contributed by atoms with E-state index >= 15 is 0 Å². The molecule has 2 unspecified atom stereocenters. The Morgan fingerprint density at radius 3 is 2.86 bits per heavy atom. The second-order valence-corrected chi connectivity index (χ2v) is 3.93. The van der Waals surface area contributed by atoms with Gasteiger partial charge in [-0.1, -0.05) is 12.8 Å². The molecule has 1 aromatic heterocycles. The Morgan fingerprint density at radius 1 is 1.36 bits per heavy atom. The Morgan fingerprint density at radius 2 is 2.14 bits per heavy atom. The van der Waals surface area contributed by atoms with Gasteiger partial charge in [-0.25, -0.2) is 4.39 Å². The Bertz CT molecular complexity index is 314. The predicted molar refractivity (Wildman–Crippen MR) is 53.4 cm³/mol. The Kier molecular flexibility index (Phi) is 2.77. The highest BCUT2D eigenvalue weighted by Gasteiger charge is 2.26. The normalized spacial score (nSPS) is 27.6.